The van der Waals surface area contributed by atoms with Gasteiger partial charge in [0.15, 0.2) is 0 Å². The average molecular weight is 291 g/mol. The molecule has 1 aromatic heterocycles. The third kappa shape index (κ3) is 3.92. The van der Waals surface area contributed by atoms with Crippen LogP contribution in [0.1, 0.15) is 34.1 Å². The van der Waals surface area contributed by atoms with E-state index in [0.717, 1.165) is 38.5 Å². The zero-order valence-corrected chi connectivity index (χ0v) is 13.8. The summed E-state index contributed by atoms with van der Waals surface area (Å²) in [7, 11) is 0. The molecule has 2 unspecified atom stereocenters. The van der Waals surface area contributed by atoms with E-state index >= 15 is 0 Å². The maximum atomic E-state index is 6.40. The van der Waals surface area contributed by atoms with Gasteiger partial charge in [0.25, 0.3) is 0 Å². The molecule has 0 radical (unpaired) electrons. The molecule has 1 aliphatic heterocycles. The van der Waals surface area contributed by atoms with Gasteiger partial charge in [-0.1, -0.05) is 27.7 Å². The fourth-order valence-corrected chi connectivity index (χ4v) is 3.34. The largest absolute Gasteiger partial charge is 0.338 e. The van der Waals surface area contributed by atoms with Crippen molar-refractivity contribution in [1.29, 1.82) is 0 Å². The van der Waals surface area contributed by atoms with Crippen molar-refractivity contribution in [2.24, 2.45) is 11.1 Å². The minimum atomic E-state index is 0.195. The number of anilines is 1. The van der Waals surface area contributed by atoms with Crippen molar-refractivity contribution in [2.75, 3.05) is 31.1 Å². The topological polar surface area (TPSA) is 58.3 Å². The summed E-state index contributed by atoms with van der Waals surface area (Å²) in [5.74, 6) is 0.837. The lowest BCUT2D eigenvalue weighted by molar-refractivity contribution is 0.0708. The molecule has 5 heteroatoms. The number of hydrogen-bond acceptors (Lipinski definition) is 5. The number of piperazine rings is 1. The first-order chi connectivity index (χ1) is 9.93. The molecular formula is C16H29N5. The van der Waals surface area contributed by atoms with Gasteiger partial charge in [0.05, 0.1) is 0 Å². The van der Waals surface area contributed by atoms with Crippen LogP contribution in [0, 0.1) is 5.41 Å². The Labute approximate surface area is 128 Å². The molecule has 21 heavy (non-hydrogen) atoms. The SMILES string of the molecule is CCC(N)C(N1CCN(c2ncccn2)CC1)C(C)(C)C. The molecule has 1 aliphatic rings. The first-order valence-electron chi connectivity index (χ1n) is 7.95. The van der Waals surface area contributed by atoms with E-state index in [0.29, 0.717) is 6.04 Å². The number of nitrogens with zero attached hydrogens (tertiary/aromatic N) is 4. The molecule has 0 saturated carbocycles. The number of aromatic nitrogens is 2. The third-order valence-electron chi connectivity index (χ3n) is 4.31. The molecule has 2 rings (SSSR count). The van der Waals surface area contributed by atoms with Gasteiger partial charge in [0.1, 0.15) is 0 Å². The van der Waals surface area contributed by atoms with Gasteiger partial charge in [0, 0.05) is 50.7 Å². The van der Waals surface area contributed by atoms with E-state index in [1.54, 1.807) is 12.4 Å². The Morgan fingerprint density at radius 1 is 1.14 bits per heavy atom. The second kappa shape index (κ2) is 6.71. The maximum absolute atomic E-state index is 6.40. The van der Waals surface area contributed by atoms with E-state index in [-0.39, 0.29) is 11.5 Å². The molecule has 0 aromatic carbocycles. The minimum Gasteiger partial charge on any atom is -0.338 e. The van der Waals surface area contributed by atoms with Gasteiger partial charge in [0.2, 0.25) is 5.95 Å². The quantitative estimate of drug-likeness (QED) is 0.916. The highest BCUT2D eigenvalue weighted by molar-refractivity contribution is 5.29. The summed E-state index contributed by atoms with van der Waals surface area (Å²) in [6.45, 7) is 13.0. The summed E-state index contributed by atoms with van der Waals surface area (Å²) in [6, 6.07) is 2.50. The van der Waals surface area contributed by atoms with Crippen molar-refractivity contribution in [2.45, 2.75) is 46.2 Å². The van der Waals surface area contributed by atoms with Crippen LogP contribution in [0.5, 0.6) is 0 Å². The Morgan fingerprint density at radius 2 is 1.71 bits per heavy atom. The van der Waals surface area contributed by atoms with Crippen molar-refractivity contribution in [3.63, 3.8) is 0 Å². The fourth-order valence-electron chi connectivity index (χ4n) is 3.34. The Kier molecular flexibility index (Phi) is 5.17. The second-order valence-electron chi connectivity index (χ2n) is 6.95. The van der Waals surface area contributed by atoms with Crippen LogP contribution in [0.15, 0.2) is 18.5 Å². The van der Waals surface area contributed by atoms with Crippen LogP contribution >= 0.6 is 0 Å². The summed E-state index contributed by atoms with van der Waals surface area (Å²) in [4.78, 5) is 13.5. The Bertz CT molecular complexity index is 420. The van der Waals surface area contributed by atoms with Crippen LogP contribution in [0.25, 0.3) is 0 Å². The van der Waals surface area contributed by atoms with Gasteiger partial charge in [-0.25, -0.2) is 9.97 Å². The molecular weight excluding hydrogens is 262 g/mol. The molecule has 1 saturated heterocycles. The van der Waals surface area contributed by atoms with Crippen molar-refractivity contribution >= 4 is 5.95 Å². The van der Waals surface area contributed by atoms with E-state index in [4.69, 9.17) is 5.73 Å². The maximum Gasteiger partial charge on any atom is 0.225 e. The van der Waals surface area contributed by atoms with E-state index in [9.17, 15) is 0 Å². The third-order valence-corrected chi connectivity index (χ3v) is 4.31. The molecule has 2 N–H and O–H groups in total. The molecule has 0 amide bonds. The summed E-state index contributed by atoms with van der Waals surface area (Å²) >= 11 is 0. The molecule has 1 aromatic rings. The molecule has 118 valence electrons. The minimum absolute atomic E-state index is 0.195. The molecule has 0 spiro atoms. The van der Waals surface area contributed by atoms with Gasteiger partial charge in [-0.2, -0.15) is 0 Å². The average Bonchev–Trinajstić information content (AvgIpc) is 2.47. The monoisotopic (exact) mass is 291 g/mol. The van der Waals surface area contributed by atoms with Crippen LogP contribution in [0.4, 0.5) is 5.95 Å². The number of nitrogens with two attached hydrogens (primary N) is 1. The van der Waals surface area contributed by atoms with Gasteiger partial charge in [-0.15, -0.1) is 0 Å². The van der Waals surface area contributed by atoms with Crippen LogP contribution in [-0.4, -0.2) is 53.1 Å². The molecule has 2 atom stereocenters. The summed E-state index contributed by atoms with van der Waals surface area (Å²) in [5, 5.41) is 0. The van der Waals surface area contributed by atoms with Gasteiger partial charge >= 0.3 is 0 Å². The van der Waals surface area contributed by atoms with Gasteiger partial charge in [-0.3, -0.25) is 4.90 Å². The summed E-state index contributed by atoms with van der Waals surface area (Å²) < 4.78 is 0. The van der Waals surface area contributed by atoms with E-state index in [1.807, 2.05) is 6.07 Å². The number of rotatable bonds is 4. The first kappa shape index (κ1) is 16.2. The second-order valence-corrected chi connectivity index (χ2v) is 6.95. The van der Waals surface area contributed by atoms with Crippen molar-refractivity contribution < 1.29 is 0 Å². The predicted octanol–water partition coefficient (Wildman–Crippen LogP) is 1.75. The summed E-state index contributed by atoms with van der Waals surface area (Å²) in [5.41, 5.74) is 6.60. The van der Waals surface area contributed by atoms with Crippen molar-refractivity contribution in [1.82, 2.24) is 14.9 Å². The Morgan fingerprint density at radius 3 is 2.19 bits per heavy atom. The van der Waals surface area contributed by atoms with Crippen LogP contribution in [-0.2, 0) is 0 Å². The Hall–Kier alpha value is -1.20. The lowest BCUT2D eigenvalue weighted by Gasteiger charge is -2.47. The van der Waals surface area contributed by atoms with E-state index in [1.165, 1.54) is 0 Å². The highest BCUT2D eigenvalue weighted by atomic mass is 15.3. The number of hydrogen-bond donors (Lipinski definition) is 1. The predicted molar refractivity (Wildman–Crippen MR) is 87.3 cm³/mol. The zero-order valence-electron chi connectivity index (χ0n) is 13.8. The van der Waals surface area contributed by atoms with Crippen LogP contribution in [0.2, 0.25) is 0 Å². The first-order valence-corrected chi connectivity index (χ1v) is 7.95. The van der Waals surface area contributed by atoms with Crippen molar-refractivity contribution in [3.05, 3.63) is 18.5 Å². The van der Waals surface area contributed by atoms with E-state index in [2.05, 4.69) is 47.5 Å². The highest BCUT2D eigenvalue weighted by Gasteiger charge is 2.36. The van der Waals surface area contributed by atoms with Crippen LogP contribution < -0.4 is 10.6 Å². The van der Waals surface area contributed by atoms with Gasteiger partial charge in [-0.05, 0) is 17.9 Å². The fraction of sp³-hybridized carbons (Fsp3) is 0.750. The lowest BCUT2D eigenvalue weighted by atomic mass is 9.80. The van der Waals surface area contributed by atoms with E-state index < -0.39 is 0 Å². The highest BCUT2D eigenvalue weighted by Crippen LogP contribution is 2.28. The smallest absolute Gasteiger partial charge is 0.225 e. The van der Waals surface area contributed by atoms with Crippen molar-refractivity contribution in [3.8, 4) is 0 Å². The Balaban J connectivity index is 2.02. The normalized spacial score (nSPS) is 20.3. The summed E-state index contributed by atoms with van der Waals surface area (Å²) in [6.07, 6.45) is 4.63. The van der Waals surface area contributed by atoms with Crippen LogP contribution in [0.3, 0.4) is 0 Å². The molecule has 1 fully saturated rings. The molecule has 0 aliphatic carbocycles. The van der Waals surface area contributed by atoms with Gasteiger partial charge < -0.3 is 10.6 Å². The standard InChI is InChI=1S/C16H29N5/c1-5-13(17)14(16(2,3)4)20-9-11-21(12-10-20)15-18-7-6-8-19-15/h6-8,13-14H,5,9-12,17H2,1-4H3. The molecule has 0 bridgehead atoms. The lowest BCUT2D eigenvalue weighted by Crippen LogP contribution is -2.60. The molecule has 2 heterocycles. The molecule has 5 nitrogen and oxygen atoms in total. The zero-order chi connectivity index (χ0) is 15.5.